The summed E-state index contributed by atoms with van der Waals surface area (Å²) in [5.41, 5.74) is -0.281. The number of carbonyl (C=O) groups is 1. The molecule has 0 unspecified atom stereocenters. The number of hydrogen-bond donors (Lipinski definition) is 2. The van der Waals surface area contributed by atoms with Gasteiger partial charge in [0.15, 0.2) is 0 Å². The maximum atomic E-state index is 13.5. The molecule has 7 nitrogen and oxygen atoms in total. The quantitative estimate of drug-likeness (QED) is 0.449. The predicted molar refractivity (Wildman–Crippen MR) is 78.8 cm³/mol. The van der Waals surface area contributed by atoms with Crippen LogP contribution in [0.3, 0.4) is 0 Å². The van der Waals surface area contributed by atoms with Gasteiger partial charge in [-0.3, -0.25) is 10.1 Å². The highest BCUT2D eigenvalue weighted by Crippen LogP contribution is 2.29. The molecule has 21 heavy (non-hydrogen) atoms. The number of carboxylic acid groups (broad SMARTS) is 1. The number of halogens is 2. The summed E-state index contributed by atoms with van der Waals surface area (Å²) in [6.45, 7) is -0.00580. The van der Waals surface area contributed by atoms with Crippen LogP contribution in [0.15, 0.2) is 28.7 Å². The highest BCUT2D eigenvalue weighted by molar-refractivity contribution is 14.1. The minimum atomic E-state index is -1.22. The van der Waals surface area contributed by atoms with E-state index in [0.29, 0.717) is 0 Å². The van der Waals surface area contributed by atoms with Gasteiger partial charge in [-0.25, -0.2) is 9.18 Å². The van der Waals surface area contributed by atoms with Gasteiger partial charge in [-0.15, -0.1) is 0 Å². The molecular weight excluding hydrogens is 398 g/mol. The van der Waals surface area contributed by atoms with Crippen LogP contribution in [0.4, 0.5) is 15.8 Å². The molecule has 0 atom stereocenters. The van der Waals surface area contributed by atoms with Gasteiger partial charge in [0.2, 0.25) is 5.76 Å². The van der Waals surface area contributed by atoms with E-state index in [0.717, 1.165) is 12.1 Å². The molecule has 0 aliphatic heterocycles. The second kappa shape index (κ2) is 6.08. The molecule has 1 aromatic carbocycles. The van der Waals surface area contributed by atoms with Crippen LogP contribution in [-0.2, 0) is 6.54 Å². The van der Waals surface area contributed by atoms with E-state index in [2.05, 4.69) is 5.32 Å². The maximum Gasteiger partial charge on any atom is 0.371 e. The Morgan fingerprint density at radius 2 is 2.19 bits per heavy atom. The monoisotopic (exact) mass is 406 g/mol. The number of aromatic carboxylic acids is 1. The number of furan rings is 1. The molecule has 0 fully saturated rings. The zero-order valence-electron chi connectivity index (χ0n) is 10.3. The second-order valence-corrected chi connectivity index (χ2v) is 5.13. The summed E-state index contributed by atoms with van der Waals surface area (Å²) in [5.74, 6) is -1.78. The van der Waals surface area contributed by atoms with Gasteiger partial charge in [0.25, 0.3) is 5.69 Å². The third kappa shape index (κ3) is 3.48. The Bertz CT molecular complexity index is 716. The molecule has 2 aromatic rings. The highest BCUT2D eigenvalue weighted by atomic mass is 127. The second-order valence-electron chi connectivity index (χ2n) is 3.97. The van der Waals surface area contributed by atoms with Crippen LogP contribution in [0.5, 0.6) is 0 Å². The summed E-state index contributed by atoms with van der Waals surface area (Å²) in [6, 6.07) is 4.82. The first-order valence-electron chi connectivity index (χ1n) is 5.58. The zero-order chi connectivity index (χ0) is 15.6. The first-order chi connectivity index (χ1) is 9.88. The van der Waals surface area contributed by atoms with Crippen LogP contribution in [0.2, 0.25) is 0 Å². The van der Waals surface area contributed by atoms with Crippen LogP contribution >= 0.6 is 22.6 Å². The van der Waals surface area contributed by atoms with Gasteiger partial charge < -0.3 is 14.8 Å². The lowest BCUT2D eigenvalue weighted by Crippen LogP contribution is -2.03. The van der Waals surface area contributed by atoms with Gasteiger partial charge in [-0.05, 0) is 34.7 Å². The van der Waals surface area contributed by atoms with E-state index in [4.69, 9.17) is 9.52 Å². The van der Waals surface area contributed by atoms with E-state index >= 15 is 0 Å². The Morgan fingerprint density at radius 3 is 2.76 bits per heavy atom. The Kier molecular flexibility index (Phi) is 4.40. The van der Waals surface area contributed by atoms with Gasteiger partial charge in [-0.2, -0.15) is 0 Å². The molecule has 9 heteroatoms. The van der Waals surface area contributed by atoms with E-state index < -0.39 is 16.7 Å². The lowest BCUT2D eigenvalue weighted by Gasteiger charge is -2.06. The molecule has 0 saturated carbocycles. The predicted octanol–water partition coefficient (Wildman–Crippen LogP) is 3.24. The summed E-state index contributed by atoms with van der Waals surface area (Å²) in [6.07, 6.45) is 0. The van der Waals surface area contributed by atoms with Crippen molar-refractivity contribution in [3.8, 4) is 0 Å². The lowest BCUT2D eigenvalue weighted by molar-refractivity contribution is -0.384. The molecule has 2 N–H and O–H groups in total. The number of carboxylic acids is 1. The van der Waals surface area contributed by atoms with E-state index in [1.54, 1.807) is 22.6 Å². The molecule has 2 rings (SSSR count). The summed E-state index contributed by atoms with van der Waals surface area (Å²) >= 11 is 1.66. The number of benzene rings is 1. The largest absolute Gasteiger partial charge is 0.475 e. The zero-order valence-corrected chi connectivity index (χ0v) is 12.5. The van der Waals surface area contributed by atoms with Gasteiger partial charge in [-0.1, -0.05) is 0 Å². The minimum Gasteiger partial charge on any atom is -0.475 e. The maximum absolute atomic E-state index is 13.5. The van der Waals surface area contributed by atoms with Gasteiger partial charge >= 0.3 is 5.97 Å². The van der Waals surface area contributed by atoms with Crippen LogP contribution in [0.25, 0.3) is 0 Å². The molecule has 1 aromatic heterocycles. The highest BCUT2D eigenvalue weighted by Gasteiger charge is 2.18. The fourth-order valence-corrected chi connectivity index (χ4v) is 2.05. The average Bonchev–Trinajstić information content (AvgIpc) is 2.88. The number of nitro groups is 1. The van der Waals surface area contributed by atoms with Crippen LogP contribution in [0, 0.1) is 19.5 Å². The van der Waals surface area contributed by atoms with Crippen molar-refractivity contribution in [2.45, 2.75) is 6.54 Å². The van der Waals surface area contributed by atoms with Crippen molar-refractivity contribution in [2.75, 3.05) is 5.32 Å². The van der Waals surface area contributed by atoms with Crippen molar-refractivity contribution < 1.29 is 23.6 Å². The third-order valence-corrected chi connectivity index (χ3v) is 3.39. The fourth-order valence-electron chi connectivity index (χ4n) is 1.60. The Morgan fingerprint density at radius 1 is 1.48 bits per heavy atom. The summed E-state index contributed by atoms with van der Waals surface area (Å²) < 4.78 is 18.6. The van der Waals surface area contributed by atoms with E-state index in [-0.39, 0.29) is 33.0 Å². The Labute approximate surface area is 131 Å². The molecule has 0 spiro atoms. The number of anilines is 1. The number of nitrogens with one attached hydrogen (secondary N) is 1. The molecule has 0 aliphatic rings. The van der Waals surface area contributed by atoms with Gasteiger partial charge in [0, 0.05) is 12.1 Å². The van der Waals surface area contributed by atoms with E-state index in [1.807, 2.05) is 0 Å². The molecule has 0 amide bonds. The van der Waals surface area contributed by atoms with Crippen molar-refractivity contribution >= 4 is 39.9 Å². The summed E-state index contributed by atoms with van der Waals surface area (Å²) in [4.78, 5) is 21.0. The number of rotatable bonds is 5. The topological polar surface area (TPSA) is 106 Å². The Hall–Kier alpha value is -2.17. The molecule has 0 saturated heterocycles. The number of hydrogen-bond acceptors (Lipinski definition) is 5. The molecule has 0 bridgehead atoms. The summed E-state index contributed by atoms with van der Waals surface area (Å²) in [5, 5.41) is 22.3. The Balaban J connectivity index is 2.20. The SMILES string of the molecule is O=C(O)c1ccc(CNc2cc(F)c(I)cc2[N+](=O)[O-])o1. The number of nitro benzene ring substituents is 1. The smallest absolute Gasteiger partial charge is 0.371 e. The normalized spacial score (nSPS) is 10.4. The first-order valence-corrected chi connectivity index (χ1v) is 6.65. The van der Waals surface area contributed by atoms with Crippen molar-refractivity contribution in [3.05, 3.63) is 55.3 Å². The van der Waals surface area contributed by atoms with E-state index in [9.17, 15) is 19.3 Å². The molecule has 0 aliphatic carbocycles. The lowest BCUT2D eigenvalue weighted by atomic mass is 10.2. The van der Waals surface area contributed by atoms with Crippen LogP contribution < -0.4 is 5.32 Å². The molecular formula is C12H8FIN2O5. The fraction of sp³-hybridized carbons (Fsp3) is 0.0833. The first kappa shape index (κ1) is 15.2. The van der Waals surface area contributed by atoms with Crippen molar-refractivity contribution in [1.82, 2.24) is 0 Å². The minimum absolute atomic E-state index is 0.00580. The molecule has 1 heterocycles. The standard InChI is InChI=1S/C12H8FIN2O5/c13-7-3-9(10(16(19)20)4-8(7)14)15-5-6-1-2-11(21-6)12(17)18/h1-4,15H,5H2,(H,17,18). The van der Waals surface area contributed by atoms with Gasteiger partial charge in [0.1, 0.15) is 17.3 Å². The van der Waals surface area contributed by atoms with Crippen molar-refractivity contribution in [3.63, 3.8) is 0 Å². The summed E-state index contributed by atoms with van der Waals surface area (Å²) in [7, 11) is 0. The molecule has 0 radical (unpaired) electrons. The average molecular weight is 406 g/mol. The molecule has 110 valence electrons. The van der Waals surface area contributed by atoms with E-state index in [1.165, 1.54) is 12.1 Å². The van der Waals surface area contributed by atoms with Crippen LogP contribution in [-0.4, -0.2) is 16.0 Å². The third-order valence-electron chi connectivity index (χ3n) is 2.56. The van der Waals surface area contributed by atoms with Crippen molar-refractivity contribution in [2.24, 2.45) is 0 Å². The van der Waals surface area contributed by atoms with Gasteiger partial charge in [0.05, 0.1) is 15.0 Å². The number of nitrogens with zero attached hydrogens (tertiary/aromatic N) is 1. The van der Waals surface area contributed by atoms with Crippen LogP contribution in [0.1, 0.15) is 16.3 Å². The van der Waals surface area contributed by atoms with Crippen molar-refractivity contribution in [1.29, 1.82) is 0 Å².